The molecule has 9 heteroatoms. The summed E-state index contributed by atoms with van der Waals surface area (Å²) in [5.74, 6) is -1.30. The Bertz CT molecular complexity index is 863. The first-order valence-corrected chi connectivity index (χ1v) is 8.62. The van der Waals surface area contributed by atoms with Crippen molar-refractivity contribution in [3.63, 3.8) is 0 Å². The minimum Gasteiger partial charge on any atom is -0.497 e. The van der Waals surface area contributed by atoms with Crippen molar-refractivity contribution in [2.24, 2.45) is 0 Å². The third kappa shape index (κ3) is 6.49. The molecule has 2 aromatic carbocycles. The van der Waals surface area contributed by atoms with Crippen molar-refractivity contribution >= 4 is 17.6 Å². The van der Waals surface area contributed by atoms with E-state index in [1.807, 2.05) is 0 Å². The topological polar surface area (TPSA) is 73.9 Å². The molecule has 6 nitrogen and oxygen atoms in total. The van der Waals surface area contributed by atoms with E-state index in [2.05, 4.69) is 10.2 Å². The molecule has 0 aliphatic carbocycles. The van der Waals surface area contributed by atoms with Gasteiger partial charge in [0, 0.05) is 5.69 Å². The van der Waals surface area contributed by atoms with E-state index in [0.29, 0.717) is 5.69 Å². The van der Waals surface area contributed by atoms with Crippen LogP contribution in [-0.4, -0.2) is 25.1 Å². The molecule has 1 amide bonds. The van der Waals surface area contributed by atoms with Crippen LogP contribution < -0.4 is 10.1 Å². The third-order valence-electron chi connectivity index (χ3n) is 3.69. The van der Waals surface area contributed by atoms with Crippen LogP contribution in [0, 0.1) is 0 Å². The van der Waals surface area contributed by atoms with Gasteiger partial charge < -0.3 is 10.1 Å². The van der Waals surface area contributed by atoms with E-state index in [1.165, 1.54) is 43.5 Å². The molecule has 0 fully saturated rings. The number of carbonyl (C=O) groups excluding carboxylic acids is 2. The van der Waals surface area contributed by atoms with E-state index in [-0.39, 0.29) is 23.0 Å². The van der Waals surface area contributed by atoms with E-state index >= 15 is 0 Å². The fraction of sp³-hybridized carbons (Fsp3) is 0.300. The second-order valence-electron chi connectivity index (χ2n) is 6.34. The van der Waals surface area contributed by atoms with Crippen LogP contribution in [0.3, 0.4) is 0 Å². The fourth-order valence-corrected chi connectivity index (χ4v) is 2.36. The Balaban J connectivity index is 2.05. The number of carbonyl (C=O) groups is 2. The van der Waals surface area contributed by atoms with Crippen LogP contribution in [0.25, 0.3) is 0 Å². The normalized spacial score (nSPS) is 11.3. The summed E-state index contributed by atoms with van der Waals surface area (Å²) in [6.45, 7) is 3.39. The van der Waals surface area contributed by atoms with Crippen LogP contribution in [0.4, 0.5) is 18.9 Å². The van der Waals surface area contributed by atoms with Crippen LogP contribution in [-0.2, 0) is 27.2 Å². The molecule has 0 heterocycles. The first-order chi connectivity index (χ1) is 13.6. The molecule has 2 rings (SSSR count). The third-order valence-corrected chi connectivity index (χ3v) is 3.69. The van der Waals surface area contributed by atoms with E-state index < -0.39 is 30.0 Å². The summed E-state index contributed by atoms with van der Waals surface area (Å²) < 4.78 is 44.5. The number of rotatable bonds is 7. The molecule has 0 aromatic heterocycles. The minimum atomic E-state index is -4.62. The highest BCUT2D eigenvalue weighted by atomic mass is 19.4. The molecule has 0 radical (unpaired) electrons. The standard InChI is InChI=1S/C20H20F3NO5/c1-12(2)28-29-19(26)13-4-7-15(8-5-13)24-18(25)10-14-6-9-16(27-3)11-17(14)20(21,22)23/h4-9,11-12H,10H2,1-3H3,(H,24,25). The van der Waals surface area contributed by atoms with Crippen molar-refractivity contribution in [2.75, 3.05) is 12.4 Å². The quantitative estimate of drug-likeness (QED) is 0.540. The molecule has 0 saturated carbocycles. The van der Waals surface area contributed by atoms with Crippen LogP contribution in [0.5, 0.6) is 5.75 Å². The van der Waals surface area contributed by atoms with Gasteiger partial charge >= 0.3 is 12.1 Å². The molecule has 0 saturated heterocycles. The zero-order valence-corrected chi connectivity index (χ0v) is 16.0. The maximum atomic E-state index is 13.2. The molecule has 29 heavy (non-hydrogen) atoms. The Morgan fingerprint density at radius 1 is 1.07 bits per heavy atom. The van der Waals surface area contributed by atoms with Crippen molar-refractivity contribution in [3.05, 3.63) is 59.2 Å². The average molecular weight is 411 g/mol. The van der Waals surface area contributed by atoms with Crippen LogP contribution >= 0.6 is 0 Å². The number of hydrogen-bond donors (Lipinski definition) is 1. The van der Waals surface area contributed by atoms with Gasteiger partial charge in [0.15, 0.2) is 0 Å². The lowest BCUT2D eigenvalue weighted by Gasteiger charge is -2.14. The van der Waals surface area contributed by atoms with Crippen LogP contribution in [0.15, 0.2) is 42.5 Å². The number of alkyl halides is 3. The Kier molecular flexibility index (Phi) is 7.22. The van der Waals surface area contributed by atoms with E-state index in [4.69, 9.17) is 9.62 Å². The number of anilines is 1. The molecule has 0 spiro atoms. The SMILES string of the molecule is COc1ccc(CC(=O)Nc2ccc(C(=O)OOC(C)C)cc2)c(C(F)(F)F)c1. The maximum Gasteiger partial charge on any atom is 0.416 e. The van der Waals surface area contributed by atoms with E-state index in [9.17, 15) is 22.8 Å². The molecule has 1 N–H and O–H groups in total. The van der Waals surface area contributed by atoms with Gasteiger partial charge in [0.25, 0.3) is 0 Å². The van der Waals surface area contributed by atoms with Crippen LogP contribution in [0.2, 0.25) is 0 Å². The number of hydrogen-bond acceptors (Lipinski definition) is 5. The lowest BCUT2D eigenvalue weighted by Crippen LogP contribution is -2.18. The van der Waals surface area contributed by atoms with Crippen molar-refractivity contribution in [1.29, 1.82) is 0 Å². The van der Waals surface area contributed by atoms with E-state index in [0.717, 1.165) is 6.07 Å². The van der Waals surface area contributed by atoms with Crippen molar-refractivity contribution in [2.45, 2.75) is 32.5 Å². The van der Waals surface area contributed by atoms with Crippen molar-refractivity contribution < 1.29 is 37.3 Å². The first kappa shape index (κ1) is 22.2. The molecule has 2 aromatic rings. The smallest absolute Gasteiger partial charge is 0.416 e. The number of halogens is 3. The summed E-state index contributed by atoms with van der Waals surface area (Å²) in [5, 5.41) is 2.49. The van der Waals surface area contributed by atoms with Gasteiger partial charge in [0.05, 0.1) is 30.8 Å². The Labute approximate surface area is 165 Å². The Hall–Kier alpha value is -3.07. The zero-order chi connectivity index (χ0) is 21.6. The maximum absolute atomic E-state index is 13.2. The molecule has 0 aliphatic heterocycles. The Morgan fingerprint density at radius 3 is 2.28 bits per heavy atom. The predicted octanol–water partition coefficient (Wildman–Crippen LogP) is 4.39. The number of methoxy groups -OCH3 is 1. The summed E-state index contributed by atoms with van der Waals surface area (Å²) in [4.78, 5) is 33.3. The van der Waals surface area contributed by atoms with Gasteiger partial charge in [-0.25, -0.2) is 4.79 Å². The highest BCUT2D eigenvalue weighted by Crippen LogP contribution is 2.34. The summed E-state index contributed by atoms with van der Waals surface area (Å²) >= 11 is 0. The highest BCUT2D eigenvalue weighted by molar-refractivity contribution is 5.94. The predicted molar refractivity (Wildman–Crippen MR) is 98.4 cm³/mol. The largest absolute Gasteiger partial charge is 0.497 e. The van der Waals surface area contributed by atoms with Gasteiger partial charge in [0.2, 0.25) is 5.91 Å². The molecule has 0 unspecified atom stereocenters. The zero-order valence-electron chi connectivity index (χ0n) is 16.0. The van der Waals surface area contributed by atoms with Gasteiger partial charge in [-0.1, -0.05) is 6.07 Å². The van der Waals surface area contributed by atoms with Crippen molar-refractivity contribution in [3.8, 4) is 5.75 Å². The first-order valence-electron chi connectivity index (χ1n) is 8.62. The monoisotopic (exact) mass is 411 g/mol. The highest BCUT2D eigenvalue weighted by Gasteiger charge is 2.34. The van der Waals surface area contributed by atoms with Gasteiger partial charge in [0.1, 0.15) is 5.75 Å². The summed E-state index contributed by atoms with van der Waals surface area (Å²) in [6, 6.07) is 9.08. The van der Waals surface area contributed by atoms with Gasteiger partial charge in [-0.15, -0.1) is 0 Å². The van der Waals surface area contributed by atoms with Crippen molar-refractivity contribution in [1.82, 2.24) is 0 Å². The second kappa shape index (κ2) is 9.42. The lowest BCUT2D eigenvalue weighted by molar-refractivity contribution is -0.265. The number of ether oxygens (including phenoxy) is 1. The molecular formula is C20H20F3NO5. The van der Waals surface area contributed by atoms with Gasteiger partial charge in [-0.05, 0) is 55.8 Å². The minimum absolute atomic E-state index is 0.0467. The Morgan fingerprint density at radius 2 is 1.72 bits per heavy atom. The van der Waals surface area contributed by atoms with Crippen LogP contribution in [0.1, 0.15) is 35.3 Å². The molecule has 0 aliphatic rings. The summed E-state index contributed by atoms with van der Waals surface area (Å²) in [5.41, 5.74) is -0.603. The fourth-order valence-electron chi connectivity index (χ4n) is 2.36. The second-order valence-corrected chi connectivity index (χ2v) is 6.34. The van der Waals surface area contributed by atoms with Gasteiger partial charge in [-0.2, -0.15) is 18.1 Å². The molecule has 156 valence electrons. The van der Waals surface area contributed by atoms with Gasteiger partial charge in [-0.3, -0.25) is 9.68 Å². The lowest BCUT2D eigenvalue weighted by atomic mass is 10.0. The summed E-state index contributed by atoms with van der Waals surface area (Å²) in [6.07, 6.45) is -5.40. The number of benzene rings is 2. The number of amides is 1. The number of nitrogens with one attached hydrogen (secondary N) is 1. The molecule has 0 bridgehead atoms. The summed E-state index contributed by atoms with van der Waals surface area (Å²) in [7, 11) is 1.26. The van der Waals surface area contributed by atoms with E-state index in [1.54, 1.807) is 13.8 Å². The average Bonchev–Trinajstić information content (AvgIpc) is 2.66. The molecular weight excluding hydrogens is 391 g/mol. The molecule has 0 atom stereocenters.